The molecule has 0 spiro atoms. The number of rotatable bonds is 5. The van der Waals surface area contributed by atoms with Crippen molar-refractivity contribution >= 4 is 11.3 Å². The quantitative estimate of drug-likeness (QED) is 0.769. The first-order valence-electron chi connectivity index (χ1n) is 6.20. The van der Waals surface area contributed by atoms with Crippen molar-refractivity contribution in [2.75, 3.05) is 26.7 Å². The van der Waals surface area contributed by atoms with E-state index in [1.165, 1.54) is 35.6 Å². The summed E-state index contributed by atoms with van der Waals surface area (Å²) in [6.45, 7) is 3.40. The minimum absolute atomic E-state index is 0.712. The van der Waals surface area contributed by atoms with Crippen molar-refractivity contribution in [3.63, 3.8) is 0 Å². The van der Waals surface area contributed by atoms with Gasteiger partial charge in [0.1, 0.15) is 0 Å². The molecule has 2 heterocycles. The van der Waals surface area contributed by atoms with Crippen LogP contribution in [0.3, 0.4) is 0 Å². The summed E-state index contributed by atoms with van der Waals surface area (Å²) < 4.78 is 0. The molecular weight excluding hydrogens is 218 g/mol. The van der Waals surface area contributed by atoms with Crippen LogP contribution >= 0.6 is 11.3 Å². The van der Waals surface area contributed by atoms with E-state index in [1.54, 1.807) is 0 Å². The Hall–Kier alpha value is -0.450. The van der Waals surface area contributed by atoms with Crippen LogP contribution in [0.5, 0.6) is 0 Å². The molecule has 0 atom stereocenters. The fourth-order valence-electron chi connectivity index (χ4n) is 2.14. The molecule has 0 amide bonds. The normalized spacial score (nSPS) is 17.8. The number of hydrogen-bond donors (Lipinski definition) is 2. The average Bonchev–Trinajstić information content (AvgIpc) is 2.79. The second-order valence-electron chi connectivity index (χ2n) is 4.40. The van der Waals surface area contributed by atoms with Crippen LogP contribution in [0.1, 0.15) is 35.1 Å². The van der Waals surface area contributed by atoms with Crippen LogP contribution in [-0.2, 0) is 6.42 Å². The van der Waals surface area contributed by atoms with Crippen molar-refractivity contribution in [2.24, 2.45) is 0 Å². The smallest absolute Gasteiger partial charge is 0.0959 e. The van der Waals surface area contributed by atoms with Gasteiger partial charge in [-0.15, -0.1) is 11.3 Å². The Morgan fingerprint density at radius 3 is 3.06 bits per heavy atom. The van der Waals surface area contributed by atoms with Crippen LogP contribution in [0.15, 0.2) is 6.20 Å². The van der Waals surface area contributed by atoms with E-state index in [2.05, 4.69) is 21.8 Å². The molecule has 0 bridgehead atoms. The largest absolute Gasteiger partial charge is 0.320 e. The molecule has 1 aliphatic rings. The standard InChI is InChI=1S/C12H21N3S/c1-13-6-2-3-11-9-15-12(16-11)10-4-7-14-8-5-10/h9-10,13-14H,2-8H2,1H3. The molecule has 0 unspecified atom stereocenters. The van der Waals surface area contributed by atoms with Crippen LogP contribution in [0.25, 0.3) is 0 Å². The Bertz CT molecular complexity index is 305. The molecule has 4 heteroatoms. The van der Waals surface area contributed by atoms with Gasteiger partial charge in [0.15, 0.2) is 0 Å². The van der Waals surface area contributed by atoms with Gasteiger partial charge in [0, 0.05) is 17.0 Å². The summed E-state index contributed by atoms with van der Waals surface area (Å²) >= 11 is 1.92. The Morgan fingerprint density at radius 1 is 1.50 bits per heavy atom. The highest BCUT2D eigenvalue weighted by Crippen LogP contribution is 2.29. The van der Waals surface area contributed by atoms with Gasteiger partial charge >= 0.3 is 0 Å². The summed E-state index contributed by atoms with van der Waals surface area (Å²) in [5.74, 6) is 0.712. The molecule has 2 N–H and O–H groups in total. The van der Waals surface area contributed by atoms with Gasteiger partial charge in [-0.25, -0.2) is 4.98 Å². The summed E-state index contributed by atoms with van der Waals surface area (Å²) in [6.07, 6.45) is 6.97. The zero-order valence-electron chi connectivity index (χ0n) is 9.96. The molecule has 0 aliphatic carbocycles. The lowest BCUT2D eigenvalue weighted by Gasteiger charge is -2.20. The van der Waals surface area contributed by atoms with Crippen LogP contribution in [0.2, 0.25) is 0 Å². The fourth-order valence-corrected chi connectivity index (χ4v) is 3.26. The molecule has 16 heavy (non-hydrogen) atoms. The van der Waals surface area contributed by atoms with E-state index in [9.17, 15) is 0 Å². The predicted molar refractivity (Wildman–Crippen MR) is 69.2 cm³/mol. The SMILES string of the molecule is CNCCCc1cnc(C2CCNCC2)s1. The van der Waals surface area contributed by atoms with Crippen molar-refractivity contribution in [3.8, 4) is 0 Å². The number of aryl methyl sites for hydroxylation is 1. The van der Waals surface area contributed by atoms with Crippen LogP contribution < -0.4 is 10.6 Å². The number of piperidine rings is 1. The Morgan fingerprint density at radius 2 is 2.31 bits per heavy atom. The monoisotopic (exact) mass is 239 g/mol. The third kappa shape index (κ3) is 3.27. The van der Waals surface area contributed by atoms with Crippen molar-refractivity contribution < 1.29 is 0 Å². The van der Waals surface area contributed by atoms with Crippen LogP contribution in [-0.4, -0.2) is 31.7 Å². The third-order valence-electron chi connectivity index (χ3n) is 3.11. The predicted octanol–water partition coefficient (Wildman–Crippen LogP) is 1.76. The van der Waals surface area contributed by atoms with Crippen molar-refractivity contribution in [1.29, 1.82) is 0 Å². The van der Waals surface area contributed by atoms with Gasteiger partial charge in [-0.1, -0.05) is 0 Å². The Kier molecular flexibility index (Phi) is 4.75. The molecule has 1 aromatic heterocycles. The first kappa shape index (κ1) is 12.0. The zero-order valence-corrected chi connectivity index (χ0v) is 10.8. The summed E-state index contributed by atoms with van der Waals surface area (Å²) in [6, 6.07) is 0. The lowest BCUT2D eigenvalue weighted by Crippen LogP contribution is -2.26. The minimum atomic E-state index is 0.712. The van der Waals surface area contributed by atoms with E-state index in [-0.39, 0.29) is 0 Å². The van der Waals surface area contributed by atoms with E-state index in [4.69, 9.17) is 0 Å². The fraction of sp³-hybridized carbons (Fsp3) is 0.750. The Labute approximate surface area is 102 Å². The lowest BCUT2D eigenvalue weighted by atomic mass is 9.99. The van der Waals surface area contributed by atoms with Gasteiger partial charge in [0.05, 0.1) is 5.01 Å². The molecule has 1 saturated heterocycles. The molecule has 1 fully saturated rings. The number of aromatic nitrogens is 1. The van der Waals surface area contributed by atoms with Gasteiger partial charge in [-0.2, -0.15) is 0 Å². The van der Waals surface area contributed by atoms with Gasteiger partial charge in [-0.3, -0.25) is 0 Å². The summed E-state index contributed by atoms with van der Waals surface area (Å²) in [4.78, 5) is 6.04. The van der Waals surface area contributed by atoms with Crippen molar-refractivity contribution in [1.82, 2.24) is 15.6 Å². The number of nitrogens with one attached hydrogen (secondary N) is 2. The van der Waals surface area contributed by atoms with E-state index < -0.39 is 0 Å². The Balaban J connectivity index is 1.85. The highest BCUT2D eigenvalue weighted by molar-refractivity contribution is 7.11. The molecule has 90 valence electrons. The molecule has 3 nitrogen and oxygen atoms in total. The molecule has 1 aliphatic heterocycles. The second-order valence-corrected chi connectivity index (χ2v) is 5.54. The lowest BCUT2D eigenvalue weighted by molar-refractivity contribution is 0.459. The van der Waals surface area contributed by atoms with Gasteiger partial charge < -0.3 is 10.6 Å². The van der Waals surface area contributed by atoms with Gasteiger partial charge in [0.2, 0.25) is 0 Å². The minimum Gasteiger partial charge on any atom is -0.320 e. The molecule has 2 rings (SSSR count). The van der Waals surface area contributed by atoms with E-state index >= 15 is 0 Å². The molecule has 0 radical (unpaired) electrons. The van der Waals surface area contributed by atoms with Crippen molar-refractivity contribution in [3.05, 3.63) is 16.1 Å². The maximum atomic E-state index is 4.59. The average molecular weight is 239 g/mol. The van der Waals surface area contributed by atoms with E-state index in [0.29, 0.717) is 5.92 Å². The number of nitrogens with zero attached hydrogens (tertiary/aromatic N) is 1. The highest BCUT2D eigenvalue weighted by atomic mass is 32.1. The van der Waals surface area contributed by atoms with E-state index in [0.717, 1.165) is 19.6 Å². The van der Waals surface area contributed by atoms with Crippen LogP contribution in [0.4, 0.5) is 0 Å². The maximum absolute atomic E-state index is 4.59. The third-order valence-corrected chi connectivity index (χ3v) is 4.33. The number of thiazole rings is 1. The maximum Gasteiger partial charge on any atom is 0.0959 e. The van der Waals surface area contributed by atoms with E-state index in [1.807, 2.05) is 18.4 Å². The highest BCUT2D eigenvalue weighted by Gasteiger charge is 2.18. The van der Waals surface area contributed by atoms with Crippen LogP contribution in [0, 0.1) is 0 Å². The van der Waals surface area contributed by atoms with Gasteiger partial charge in [-0.05, 0) is 52.4 Å². The van der Waals surface area contributed by atoms with Crippen molar-refractivity contribution in [2.45, 2.75) is 31.6 Å². The first-order valence-corrected chi connectivity index (χ1v) is 7.01. The topological polar surface area (TPSA) is 37.0 Å². The second kappa shape index (κ2) is 6.33. The summed E-state index contributed by atoms with van der Waals surface area (Å²) in [7, 11) is 2.01. The molecule has 0 saturated carbocycles. The first-order chi connectivity index (χ1) is 7.90. The zero-order chi connectivity index (χ0) is 11.2. The summed E-state index contributed by atoms with van der Waals surface area (Å²) in [5, 5.41) is 7.95. The van der Waals surface area contributed by atoms with Gasteiger partial charge in [0.25, 0.3) is 0 Å². The molecule has 0 aromatic carbocycles. The molecule has 1 aromatic rings. The molecular formula is C12H21N3S. The number of hydrogen-bond acceptors (Lipinski definition) is 4. The summed E-state index contributed by atoms with van der Waals surface area (Å²) in [5.41, 5.74) is 0.